The van der Waals surface area contributed by atoms with Gasteiger partial charge in [-0.1, -0.05) is 40.7 Å². The molecule has 0 spiro atoms. The first kappa shape index (κ1) is 23.7. The summed E-state index contributed by atoms with van der Waals surface area (Å²) in [5.74, 6) is -0.347. The van der Waals surface area contributed by atoms with E-state index in [1.165, 1.54) is 12.1 Å². The molecule has 0 unspecified atom stereocenters. The molecule has 0 saturated heterocycles. The number of non-ortho nitro benzene ring substituents is 1. The zero-order chi connectivity index (χ0) is 25.0. The standard InChI is InChI=1S/C26H28N4O3S/c1-25(2,3)21-10-9-20(34-21)22-17(14-27)24(28)29(15-7-6-8-16(11-15)30(32)33)18-12-26(4,5)13-19(31)23(18)22/h6-11,22H,12-13,28H2,1-5H3/t22-/m1/s1. The Hall–Kier alpha value is -3.44. The topological polar surface area (TPSA) is 113 Å². The zero-order valence-corrected chi connectivity index (χ0v) is 20.8. The fourth-order valence-electron chi connectivity index (χ4n) is 4.75. The van der Waals surface area contributed by atoms with Gasteiger partial charge in [0.15, 0.2) is 5.78 Å². The van der Waals surface area contributed by atoms with Crippen molar-refractivity contribution in [2.45, 2.75) is 58.8 Å². The number of nitriles is 1. The van der Waals surface area contributed by atoms with Gasteiger partial charge in [0.2, 0.25) is 0 Å². The smallest absolute Gasteiger partial charge is 0.271 e. The lowest BCUT2D eigenvalue weighted by molar-refractivity contribution is -0.384. The number of anilines is 1. The Bertz CT molecular complexity index is 1300. The number of ketones is 1. The van der Waals surface area contributed by atoms with Gasteiger partial charge < -0.3 is 5.73 Å². The Morgan fingerprint density at radius 2 is 1.94 bits per heavy atom. The largest absolute Gasteiger partial charge is 0.384 e. The highest BCUT2D eigenvalue weighted by atomic mass is 32.1. The first-order chi connectivity index (χ1) is 15.8. The number of hydrogen-bond donors (Lipinski definition) is 1. The van der Waals surface area contributed by atoms with Gasteiger partial charge in [0, 0.05) is 39.6 Å². The maximum absolute atomic E-state index is 13.6. The van der Waals surface area contributed by atoms with Crippen LogP contribution in [0, 0.1) is 26.9 Å². The maximum atomic E-state index is 13.6. The Morgan fingerprint density at radius 1 is 1.24 bits per heavy atom. The number of nitro benzene ring substituents is 1. The number of hydrogen-bond acceptors (Lipinski definition) is 7. The van der Waals surface area contributed by atoms with Crippen LogP contribution in [-0.2, 0) is 10.2 Å². The van der Waals surface area contributed by atoms with Crippen molar-refractivity contribution in [1.82, 2.24) is 0 Å². The molecule has 176 valence electrons. The van der Waals surface area contributed by atoms with Gasteiger partial charge >= 0.3 is 0 Å². The summed E-state index contributed by atoms with van der Waals surface area (Å²) in [5.41, 5.74) is 8.22. The summed E-state index contributed by atoms with van der Waals surface area (Å²) in [6, 6.07) is 12.4. The fourth-order valence-corrected chi connectivity index (χ4v) is 5.93. The molecule has 7 nitrogen and oxygen atoms in total. The molecule has 0 radical (unpaired) electrons. The molecule has 0 saturated carbocycles. The van der Waals surface area contributed by atoms with Crippen LogP contribution in [0.2, 0.25) is 0 Å². The SMILES string of the molecule is CC1(C)CC(=O)C2=C(C1)N(c1cccc([N+](=O)[O-])c1)C(N)=C(C#N)[C@@H]2c1ccc(C(C)(C)C)s1. The van der Waals surface area contributed by atoms with E-state index in [0.29, 0.717) is 35.4 Å². The van der Waals surface area contributed by atoms with E-state index < -0.39 is 10.8 Å². The predicted octanol–water partition coefficient (Wildman–Crippen LogP) is 5.89. The molecule has 34 heavy (non-hydrogen) atoms. The number of nitrogens with two attached hydrogens (primary N) is 1. The summed E-state index contributed by atoms with van der Waals surface area (Å²) in [4.78, 5) is 28.3. The average molecular weight is 477 g/mol. The molecule has 1 aromatic heterocycles. The molecule has 1 aromatic carbocycles. The molecule has 8 heteroatoms. The number of Topliss-reactive ketones (excluding diaryl/α,β-unsaturated/α-hetero) is 1. The second-order valence-electron chi connectivity index (χ2n) is 10.7. The first-order valence-electron chi connectivity index (χ1n) is 11.1. The second kappa shape index (κ2) is 8.10. The highest BCUT2D eigenvalue weighted by Gasteiger charge is 2.45. The Kier molecular flexibility index (Phi) is 5.65. The number of rotatable bonds is 3. The van der Waals surface area contributed by atoms with E-state index in [4.69, 9.17) is 5.73 Å². The quantitative estimate of drug-likeness (QED) is 0.436. The molecule has 1 atom stereocenters. The van der Waals surface area contributed by atoms with E-state index in [0.717, 1.165) is 9.75 Å². The van der Waals surface area contributed by atoms with E-state index >= 15 is 0 Å². The normalized spacial score (nSPS) is 20.3. The minimum Gasteiger partial charge on any atom is -0.384 e. The lowest BCUT2D eigenvalue weighted by atomic mass is 9.69. The van der Waals surface area contributed by atoms with Crippen LogP contribution < -0.4 is 10.6 Å². The van der Waals surface area contributed by atoms with E-state index in [2.05, 4.69) is 32.9 Å². The molecule has 0 bridgehead atoms. The third-order valence-corrected chi connectivity index (χ3v) is 7.91. The van der Waals surface area contributed by atoms with Crippen molar-refractivity contribution in [2.24, 2.45) is 11.1 Å². The lowest BCUT2D eigenvalue weighted by Crippen LogP contribution is -2.42. The first-order valence-corrected chi connectivity index (χ1v) is 12.0. The van der Waals surface area contributed by atoms with Crippen molar-refractivity contribution in [3.8, 4) is 6.07 Å². The van der Waals surface area contributed by atoms with Gasteiger partial charge in [0.1, 0.15) is 5.82 Å². The second-order valence-corrected chi connectivity index (χ2v) is 11.8. The highest BCUT2D eigenvalue weighted by Crippen LogP contribution is 2.51. The molecule has 2 N–H and O–H groups in total. The van der Waals surface area contributed by atoms with Crippen LogP contribution in [0.3, 0.4) is 0 Å². The van der Waals surface area contributed by atoms with Crippen LogP contribution in [0.15, 0.2) is 59.1 Å². The van der Waals surface area contributed by atoms with Crippen LogP contribution in [-0.4, -0.2) is 10.7 Å². The lowest BCUT2D eigenvalue weighted by Gasteiger charge is -2.43. The van der Waals surface area contributed by atoms with Gasteiger partial charge in [0.25, 0.3) is 5.69 Å². The van der Waals surface area contributed by atoms with E-state index in [1.54, 1.807) is 28.4 Å². The van der Waals surface area contributed by atoms with Crippen molar-refractivity contribution in [2.75, 3.05) is 4.90 Å². The number of thiophene rings is 1. The van der Waals surface area contributed by atoms with Crippen LogP contribution >= 0.6 is 11.3 Å². The monoisotopic (exact) mass is 476 g/mol. The maximum Gasteiger partial charge on any atom is 0.271 e. The summed E-state index contributed by atoms with van der Waals surface area (Å²) >= 11 is 1.59. The fraction of sp³-hybridized carbons (Fsp3) is 0.385. The third kappa shape index (κ3) is 4.01. The Morgan fingerprint density at radius 3 is 2.53 bits per heavy atom. The van der Waals surface area contributed by atoms with Crippen molar-refractivity contribution in [3.63, 3.8) is 0 Å². The summed E-state index contributed by atoms with van der Waals surface area (Å²) in [6.45, 7) is 10.4. The molecule has 2 aliphatic rings. The number of nitro groups is 1. The van der Waals surface area contributed by atoms with Crippen LogP contribution in [0.1, 0.15) is 63.1 Å². The Balaban J connectivity index is 1.98. The van der Waals surface area contributed by atoms with Gasteiger partial charge in [-0.2, -0.15) is 5.26 Å². The predicted molar refractivity (Wildman–Crippen MR) is 133 cm³/mol. The van der Waals surface area contributed by atoms with Crippen molar-refractivity contribution in [3.05, 3.63) is 78.9 Å². The number of nitrogens with zero attached hydrogens (tertiary/aromatic N) is 3. The molecule has 1 aliphatic heterocycles. The number of allylic oxidation sites excluding steroid dienone is 3. The molecule has 2 aromatic rings. The van der Waals surface area contributed by atoms with E-state index in [-0.39, 0.29) is 28.1 Å². The van der Waals surface area contributed by atoms with Gasteiger partial charge in [-0.25, -0.2) is 0 Å². The van der Waals surface area contributed by atoms with Crippen LogP contribution in [0.5, 0.6) is 0 Å². The third-order valence-electron chi connectivity index (χ3n) is 6.33. The van der Waals surface area contributed by atoms with Gasteiger partial charge in [-0.3, -0.25) is 19.8 Å². The Labute approximate surface area is 203 Å². The summed E-state index contributed by atoms with van der Waals surface area (Å²) < 4.78 is 0. The molecule has 4 rings (SSSR count). The zero-order valence-electron chi connectivity index (χ0n) is 20.0. The molecular weight excluding hydrogens is 448 g/mol. The molecular formula is C26H28N4O3S. The van der Waals surface area contributed by atoms with E-state index in [9.17, 15) is 20.2 Å². The van der Waals surface area contributed by atoms with Gasteiger partial charge in [-0.15, -0.1) is 11.3 Å². The summed E-state index contributed by atoms with van der Waals surface area (Å²) in [6.07, 6.45) is 0.922. The highest BCUT2D eigenvalue weighted by molar-refractivity contribution is 7.12. The van der Waals surface area contributed by atoms with E-state index in [1.807, 2.05) is 19.9 Å². The molecule has 1 aliphatic carbocycles. The molecule has 0 fully saturated rings. The molecule has 2 heterocycles. The van der Waals surface area contributed by atoms with Crippen LogP contribution in [0.25, 0.3) is 0 Å². The van der Waals surface area contributed by atoms with Crippen molar-refractivity contribution >= 4 is 28.5 Å². The minimum atomic E-state index is -0.542. The summed E-state index contributed by atoms with van der Waals surface area (Å²) in [5, 5.41) is 21.6. The number of benzene rings is 1. The molecule has 0 amide bonds. The average Bonchev–Trinajstić information content (AvgIpc) is 3.22. The van der Waals surface area contributed by atoms with Gasteiger partial charge in [-0.05, 0) is 35.4 Å². The van der Waals surface area contributed by atoms with Crippen LogP contribution in [0.4, 0.5) is 11.4 Å². The summed E-state index contributed by atoms with van der Waals surface area (Å²) in [7, 11) is 0. The van der Waals surface area contributed by atoms with Crippen molar-refractivity contribution in [1.29, 1.82) is 5.26 Å². The minimum absolute atomic E-state index is 0.0161. The number of carbonyl (C=O) groups excluding carboxylic acids is 1. The number of carbonyl (C=O) groups is 1. The van der Waals surface area contributed by atoms with Crippen molar-refractivity contribution < 1.29 is 9.72 Å². The van der Waals surface area contributed by atoms with Gasteiger partial charge in [0.05, 0.1) is 28.2 Å².